The first-order valence-electron chi connectivity index (χ1n) is 14.0. The first-order valence-corrected chi connectivity index (χ1v) is 14.0. The Balaban J connectivity index is 1.08. The molecule has 2 aromatic carbocycles. The molecule has 4 unspecified atom stereocenters. The normalized spacial score (nSPS) is 24.5. The van der Waals surface area contributed by atoms with Gasteiger partial charge in [-0.3, -0.25) is 0 Å². The van der Waals surface area contributed by atoms with Crippen molar-refractivity contribution in [3.63, 3.8) is 0 Å². The maximum atomic E-state index is 6.53. The van der Waals surface area contributed by atoms with Crippen LogP contribution < -0.4 is 9.42 Å². The highest BCUT2D eigenvalue weighted by Crippen LogP contribution is 2.42. The van der Waals surface area contributed by atoms with E-state index in [4.69, 9.17) is 4.74 Å². The van der Waals surface area contributed by atoms with E-state index >= 15 is 0 Å². The van der Waals surface area contributed by atoms with E-state index in [1.54, 1.807) is 11.1 Å². The number of nitrogens with one attached hydrogen (secondary N) is 1. The SMILES string of the molecule is CC(C)C1CC(CC2CCc3c[n+](CC(C)C4Cc5ccccc5C4)[nH]c3C2)Oc2ccccc21. The Morgan fingerprint density at radius 3 is 2.46 bits per heavy atom. The summed E-state index contributed by atoms with van der Waals surface area (Å²) < 4.78 is 8.92. The standard InChI is InChI=1S/C32H40N2O/c1-21(2)30-18-28(35-32-11-7-6-10-29(30)32)14-23-12-13-26-20-34(33-31(26)15-23)19-22(3)27-16-24-8-4-5-9-25(24)17-27/h4-11,20-23,27-28,30H,12-19H2,1-3H3/p+1. The molecule has 0 saturated carbocycles. The number of para-hydroxylation sites is 1. The van der Waals surface area contributed by atoms with E-state index in [0.29, 0.717) is 29.8 Å². The van der Waals surface area contributed by atoms with E-state index < -0.39 is 0 Å². The van der Waals surface area contributed by atoms with E-state index in [0.717, 1.165) is 24.6 Å². The number of fused-ring (bicyclic) bond motifs is 3. The number of hydrogen-bond acceptors (Lipinski definition) is 1. The minimum atomic E-state index is 0.343. The molecule has 0 radical (unpaired) electrons. The molecule has 1 N–H and O–H groups in total. The van der Waals surface area contributed by atoms with Crippen LogP contribution in [0.4, 0.5) is 0 Å². The predicted octanol–water partition coefficient (Wildman–Crippen LogP) is 6.44. The van der Waals surface area contributed by atoms with Crippen LogP contribution in [0.1, 0.15) is 73.9 Å². The van der Waals surface area contributed by atoms with Gasteiger partial charge >= 0.3 is 0 Å². The van der Waals surface area contributed by atoms with E-state index in [9.17, 15) is 0 Å². The molecule has 0 fully saturated rings. The summed E-state index contributed by atoms with van der Waals surface area (Å²) in [5, 5.41) is 3.79. The maximum absolute atomic E-state index is 6.53. The van der Waals surface area contributed by atoms with Crippen molar-refractivity contribution in [1.82, 2.24) is 5.10 Å². The van der Waals surface area contributed by atoms with Gasteiger partial charge in [0.25, 0.3) is 0 Å². The molecule has 184 valence electrons. The third kappa shape index (κ3) is 4.67. The van der Waals surface area contributed by atoms with Crippen molar-refractivity contribution in [3.8, 4) is 5.75 Å². The Morgan fingerprint density at radius 2 is 1.69 bits per heavy atom. The lowest BCUT2D eigenvalue weighted by Gasteiger charge is -2.36. The lowest BCUT2D eigenvalue weighted by atomic mass is 9.78. The smallest absolute Gasteiger partial charge is 0.198 e. The fourth-order valence-electron chi connectivity index (χ4n) is 7.12. The fraction of sp³-hybridized carbons (Fsp3) is 0.531. The highest BCUT2D eigenvalue weighted by atomic mass is 16.5. The number of ether oxygens (including phenoxy) is 1. The average Bonchev–Trinajstić information content (AvgIpc) is 3.47. The molecule has 35 heavy (non-hydrogen) atoms. The highest BCUT2D eigenvalue weighted by molar-refractivity contribution is 5.38. The zero-order chi connectivity index (χ0) is 23.9. The van der Waals surface area contributed by atoms with Gasteiger partial charge in [0.05, 0.1) is 11.8 Å². The van der Waals surface area contributed by atoms with E-state index in [2.05, 4.69) is 85.3 Å². The lowest BCUT2D eigenvalue weighted by molar-refractivity contribution is -0.756. The molecule has 6 rings (SSSR count). The summed E-state index contributed by atoms with van der Waals surface area (Å²) >= 11 is 0. The van der Waals surface area contributed by atoms with Crippen molar-refractivity contribution in [3.05, 3.63) is 82.7 Å². The number of hydrogen-bond donors (Lipinski definition) is 1. The zero-order valence-electron chi connectivity index (χ0n) is 21.7. The van der Waals surface area contributed by atoms with Crippen LogP contribution in [-0.4, -0.2) is 11.2 Å². The lowest BCUT2D eigenvalue weighted by Crippen LogP contribution is -2.40. The summed E-state index contributed by atoms with van der Waals surface area (Å²) in [6.07, 6.45) is 11.2. The third-order valence-corrected chi connectivity index (χ3v) is 9.19. The number of aromatic nitrogens is 2. The summed E-state index contributed by atoms with van der Waals surface area (Å²) in [6.45, 7) is 8.25. The van der Waals surface area contributed by atoms with Crippen molar-refractivity contribution < 1.29 is 9.42 Å². The predicted molar refractivity (Wildman–Crippen MR) is 141 cm³/mol. The van der Waals surface area contributed by atoms with Gasteiger partial charge in [0.2, 0.25) is 0 Å². The molecule has 1 aromatic heterocycles. The van der Waals surface area contributed by atoms with Crippen LogP contribution in [0, 0.1) is 23.7 Å². The molecule has 0 bridgehead atoms. The van der Waals surface area contributed by atoms with Crippen LogP contribution in [0.5, 0.6) is 5.75 Å². The van der Waals surface area contributed by atoms with Crippen LogP contribution in [0.3, 0.4) is 0 Å². The largest absolute Gasteiger partial charge is 0.490 e. The molecule has 4 atom stereocenters. The van der Waals surface area contributed by atoms with E-state index in [-0.39, 0.29) is 0 Å². The van der Waals surface area contributed by atoms with Crippen LogP contribution in [0.15, 0.2) is 54.7 Å². The average molecular weight is 470 g/mol. The van der Waals surface area contributed by atoms with Crippen molar-refractivity contribution in [1.29, 1.82) is 0 Å². The van der Waals surface area contributed by atoms with Gasteiger partial charge in [-0.15, -0.1) is 4.68 Å². The third-order valence-electron chi connectivity index (χ3n) is 9.19. The molecular formula is C32H41N2O+. The molecule has 3 heteroatoms. The second-order valence-electron chi connectivity index (χ2n) is 12.0. The maximum Gasteiger partial charge on any atom is 0.198 e. The van der Waals surface area contributed by atoms with Crippen molar-refractivity contribution in [2.45, 2.75) is 84.3 Å². The Hall–Kier alpha value is -2.55. The summed E-state index contributed by atoms with van der Waals surface area (Å²) in [5.74, 6) is 4.52. The van der Waals surface area contributed by atoms with E-state index in [1.165, 1.54) is 55.3 Å². The molecule has 0 saturated heterocycles. The number of H-pyrrole nitrogens is 1. The molecule has 1 aliphatic heterocycles. The second-order valence-corrected chi connectivity index (χ2v) is 12.0. The van der Waals surface area contributed by atoms with Crippen LogP contribution in [-0.2, 0) is 32.2 Å². The molecule has 3 aliphatic rings. The monoisotopic (exact) mass is 469 g/mol. The number of nitrogens with zero attached hydrogens (tertiary/aromatic N) is 1. The summed E-state index contributed by atoms with van der Waals surface area (Å²) in [4.78, 5) is 0. The molecule has 2 heterocycles. The summed E-state index contributed by atoms with van der Waals surface area (Å²) in [7, 11) is 0. The molecule has 3 nitrogen and oxygen atoms in total. The minimum absolute atomic E-state index is 0.343. The van der Waals surface area contributed by atoms with Gasteiger partial charge < -0.3 is 4.74 Å². The Labute approximate surface area is 210 Å². The van der Waals surface area contributed by atoms with Crippen molar-refractivity contribution in [2.75, 3.05) is 0 Å². The molecule has 2 aliphatic carbocycles. The number of aromatic amines is 1. The minimum Gasteiger partial charge on any atom is -0.490 e. The molecular weight excluding hydrogens is 428 g/mol. The van der Waals surface area contributed by atoms with Crippen LogP contribution in [0.2, 0.25) is 0 Å². The first-order chi connectivity index (χ1) is 17.0. The summed E-state index contributed by atoms with van der Waals surface area (Å²) in [6, 6.07) is 17.7. The van der Waals surface area contributed by atoms with E-state index in [1.807, 2.05) is 0 Å². The number of aryl methyl sites for hydroxylation is 1. The van der Waals surface area contributed by atoms with Crippen LogP contribution in [0.25, 0.3) is 0 Å². The fourth-order valence-corrected chi connectivity index (χ4v) is 7.12. The molecule has 3 aromatic rings. The van der Waals surface area contributed by atoms with Gasteiger partial charge in [-0.1, -0.05) is 63.2 Å². The quantitative estimate of drug-likeness (QED) is 0.414. The number of rotatable bonds is 6. The molecule has 0 amide bonds. The van der Waals surface area contributed by atoms with Gasteiger partial charge in [0.15, 0.2) is 12.7 Å². The second kappa shape index (κ2) is 9.48. The number of benzene rings is 2. The molecule has 0 spiro atoms. The van der Waals surface area contributed by atoms with Crippen LogP contribution >= 0.6 is 0 Å². The van der Waals surface area contributed by atoms with Crippen molar-refractivity contribution >= 4 is 0 Å². The topological polar surface area (TPSA) is 28.9 Å². The first kappa shape index (κ1) is 22.9. The Bertz CT molecular complexity index is 1150. The van der Waals surface area contributed by atoms with Gasteiger partial charge in [0, 0.05) is 11.5 Å². The van der Waals surface area contributed by atoms with Gasteiger partial charge in [-0.05, 0) is 91.4 Å². The Kier molecular flexibility index (Phi) is 6.20. The Morgan fingerprint density at radius 1 is 0.943 bits per heavy atom. The van der Waals surface area contributed by atoms with Gasteiger partial charge in [-0.25, -0.2) is 0 Å². The van der Waals surface area contributed by atoms with Gasteiger partial charge in [0.1, 0.15) is 5.75 Å². The van der Waals surface area contributed by atoms with Crippen molar-refractivity contribution in [2.24, 2.45) is 23.7 Å². The highest BCUT2D eigenvalue weighted by Gasteiger charge is 2.34. The van der Waals surface area contributed by atoms with Gasteiger partial charge in [-0.2, -0.15) is 5.10 Å². The zero-order valence-corrected chi connectivity index (χ0v) is 21.7. The summed E-state index contributed by atoms with van der Waals surface area (Å²) in [5.41, 5.74) is 7.55.